The molecule has 0 unspecified atom stereocenters. The van der Waals surface area contributed by atoms with Crippen LogP contribution in [-0.2, 0) is 0 Å². The first-order valence-corrected chi connectivity index (χ1v) is 11.4. The van der Waals surface area contributed by atoms with Crippen molar-refractivity contribution in [2.45, 2.75) is 6.04 Å². The molecule has 0 spiro atoms. The van der Waals surface area contributed by atoms with Crippen LogP contribution in [0.15, 0.2) is 54.9 Å². The van der Waals surface area contributed by atoms with E-state index < -0.39 is 0 Å². The van der Waals surface area contributed by atoms with E-state index in [1.165, 1.54) is 4.68 Å². The van der Waals surface area contributed by atoms with E-state index in [1.54, 1.807) is 49.7 Å². The number of hydrogen-bond acceptors (Lipinski definition) is 9. The Kier molecular flexibility index (Phi) is 6.42. The van der Waals surface area contributed by atoms with Gasteiger partial charge >= 0.3 is 6.03 Å². The molecule has 5 rings (SSSR count). The van der Waals surface area contributed by atoms with E-state index in [9.17, 15) is 10.1 Å². The lowest BCUT2D eigenvalue weighted by molar-refractivity contribution is 0.119. The fourth-order valence-corrected chi connectivity index (χ4v) is 4.40. The van der Waals surface area contributed by atoms with E-state index in [1.807, 2.05) is 24.3 Å². The summed E-state index contributed by atoms with van der Waals surface area (Å²) in [6.07, 6.45) is 3.61. The van der Waals surface area contributed by atoms with Crippen molar-refractivity contribution in [3.8, 4) is 17.8 Å². The van der Waals surface area contributed by atoms with E-state index in [4.69, 9.17) is 9.47 Å². The van der Waals surface area contributed by atoms with Crippen LogP contribution in [0.1, 0.15) is 22.7 Å². The first-order valence-electron chi connectivity index (χ1n) is 11.4. The number of fused-ring (bicyclic) bond motifs is 1. The molecule has 0 bridgehead atoms. The molecule has 0 aliphatic carbocycles. The minimum atomic E-state index is -0.263. The Morgan fingerprint density at radius 3 is 2.11 bits per heavy atom. The number of piperazine rings is 1. The second-order valence-electron chi connectivity index (χ2n) is 8.29. The van der Waals surface area contributed by atoms with Gasteiger partial charge in [-0.2, -0.15) is 9.94 Å². The maximum atomic E-state index is 13.3. The van der Waals surface area contributed by atoms with Crippen molar-refractivity contribution in [2.24, 2.45) is 0 Å². The number of ether oxygens (including phenoxy) is 2. The first-order chi connectivity index (χ1) is 17.6. The predicted octanol–water partition coefficient (Wildman–Crippen LogP) is 2.49. The monoisotopic (exact) mass is 484 g/mol. The molecule has 0 N–H and O–H groups in total. The van der Waals surface area contributed by atoms with Gasteiger partial charge in [-0.1, -0.05) is 17.3 Å². The molecule has 1 amide bonds. The van der Waals surface area contributed by atoms with Crippen LogP contribution in [0.2, 0.25) is 0 Å². The highest BCUT2D eigenvalue weighted by atomic mass is 16.5. The summed E-state index contributed by atoms with van der Waals surface area (Å²) in [6, 6.07) is 14.4. The fraction of sp³-hybridized carbons (Fsp3) is 0.280. The molecule has 4 heterocycles. The Balaban J connectivity index is 1.37. The summed E-state index contributed by atoms with van der Waals surface area (Å²) >= 11 is 0. The van der Waals surface area contributed by atoms with Crippen LogP contribution in [0.5, 0.6) is 11.8 Å². The summed E-state index contributed by atoms with van der Waals surface area (Å²) in [5.74, 6) is 1.08. The highest BCUT2D eigenvalue weighted by Gasteiger charge is 2.30. The van der Waals surface area contributed by atoms with Gasteiger partial charge in [-0.05, 0) is 29.3 Å². The molecule has 11 heteroatoms. The van der Waals surface area contributed by atoms with Crippen molar-refractivity contribution < 1.29 is 14.3 Å². The number of carbonyl (C=O) groups excluding carboxylic acids is 1. The summed E-state index contributed by atoms with van der Waals surface area (Å²) in [7, 11) is 3.17. The largest absolute Gasteiger partial charge is 0.481 e. The summed E-state index contributed by atoms with van der Waals surface area (Å²) < 4.78 is 11.7. The average molecular weight is 485 g/mol. The van der Waals surface area contributed by atoms with Gasteiger partial charge in [0, 0.05) is 50.7 Å². The number of nitriles is 1. The number of pyridine rings is 2. The lowest BCUT2D eigenvalue weighted by atomic mass is 9.99. The standard InChI is InChI=1S/C25H24N8O3/c1-35-22-7-4-18(15-27-22)24(19-5-8-23(36-2)28-16-19)31-9-11-32(12-10-31)25(34)33-21-13-17(14-26)3-6-20(21)29-30-33/h3-8,13,15-16,24H,9-12H2,1-2H3. The van der Waals surface area contributed by atoms with E-state index in [0.717, 1.165) is 11.1 Å². The third kappa shape index (κ3) is 4.42. The van der Waals surface area contributed by atoms with E-state index >= 15 is 0 Å². The highest BCUT2D eigenvalue weighted by molar-refractivity contribution is 5.88. The molecule has 3 aromatic heterocycles. The second kappa shape index (κ2) is 9.97. The van der Waals surface area contributed by atoms with Gasteiger partial charge in [0.25, 0.3) is 0 Å². The smallest absolute Gasteiger partial charge is 0.346 e. The Morgan fingerprint density at radius 2 is 1.58 bits per heavy atom. The molecule has 1 aliphatic heterocycles. The molecule has 1 saturated heterocycles. The number of methoxy groups -OCH3 is 2. The molecule has 0 radical (unpaired) electrons. The van der Waals surface area contributed by atoms with Gasteiger partial charge in [0.2, 0.25) is 11.8 Å². The van der Waals surface area contributed by atoms with Crippen molar-refractivity contribution >= 4 is 17.1 Å². The lowest BCUT2D eigenvalue weighted by Gasteiger charge is -2.39. The van der Waals surface area contributed by atoms with Crippen LogP contribution >= 0.6 is 0 Å². The summed E-state index contributed by atoms with van der Waals surface area (Å²) in [5, 5.41) is 17.3. The molecular weight excluding hydrogens is 460 g/mol. The third-order valence-electron chi connectivity index (χ3n) is 6.27. The maximum absolute atomic E-state index is 13.3. The molecule has 1 fully saturated rings. The third-order valence-corrected chi connectivity index (χ3v) is 6.27. The van der Waals surface area contributed by atoms with Gasteiger partial charge in [-0.25, -0.2) is 14.8 Å². The Bertz CT molecular complexity index is 1360. The number of nitrogens with zero attached hydrogens (tertiary/aromatic N) is 8. The molecule has 36 heavy (non-hydrogen) atoms. The molecule has 0 atom stereocenters. The maximum Gasteiger partial charge on any atom is 0.346 e. The fourth-order valence-electron chi connectivity index (χ4n) is 4.40. The summed E-state index contributed by atoms with van der Waals surface area (Å²) in [4.78, 5) is 26.1. The molecule has 182 valence electrons. The van der Waals surface area contributed by atoms with E-state index in [-0.39, 0.29) is 12.1 Å². The minimum Gasteiger partial charge on any atom is -0.481 e. The van der Waals surface area contributed by atoms with Crippen LogP contribution in [-0.4, -0.2) is 81.2 Å². The lowest BCUT2D eigenvalue weighted by Crippen LogP contribution is -2.51. The zero-order chi connectivity index (χ0) is 25.1. The second-order valence-corrected chi connectivity index (χ2v) is 8.29. The van der Waals surface area contributed by atoms with Gasteiger partial charge in [0.15, 0.2) is 0 Å². The Labute approximate surface area is 207 Å². The number of aromatic nitrogens is 5. The molecule has 0 saturated carbocycles. The number of benzene rings is 1. The van der Waals surface area contributed by atoms with Crippen molar-refractivity contribution in [3.05, 3.63) is 71.5 Å². The number of rotatable bonds is 5. The van der Waals surface area contributed by atoms with Gasteiger partial charge < -0.3 is 14.4 Å². The Hall–Kier alpha value is -4.56. The van der Waals surface area contributed by atoms with Crippen molar-refractivity contribution in [1.29, 1.82) is 5.26 Å². The summed E-state index contributed by atoms with van der Waals surface area (Å²) in [5.41, 5.74) is 3.53. The van der Waals surface area contributed by atoms with Gasteiger partial charge in [-0.3, -0.25) is 4.90 Å². The number of amides is 1. The molecular formula is C25H24N8O3. The zero-order valence-electron chi connectivity index (χ0n) is 19.9. The van der Waals surface area contributed by atoms with Crippen LogP contribution in [0.25, 0.3) is 11.0 Å². The number of carbonyl (C=O) groups is 1. The molecule has 11 nitrogen and oxygen atoms in total. The Morgan fingerprint density at radius 1 is 0.944 bits per heavy atom. The van der Waals surface area contributed by atoms with E-state index in [0.29, 0.717) is 54.5 Å². The van der Waals surface area contributed by atoms with Gasteiger partial charge in [0.1, 0.15) is 11.0 Å². The normalized spacial score (nSPS) is 14.1. The first kappa shape index (κ1) is 23.2. The van der Waals surface area contributed by atoms with Gasteiger partial charge in [0.05, 0.1) is 31.9 Å². The zero-order valence-corrected chi connectivity index (χ0v) is 19.9. The van der Waals surface area contributed by atoms with Crippen LogP contribution in [0.4, 0.5) is 4.79 Å². The topological polar surface area (TPSA) is 122 Å². The predicted molar refractivity (Wildman–Crippen MR) is 130 cm³/mol. The van der Waals surface area contributed by atoms with E-state index in [2.05, 4.69) is 31.2 Å². The molecule has 1 aliphatic rings. The molecule has 1 aromatic carbocycles. The van der Waals surface area contributed by atoms with Crippen molar-refractivity contribution in [3.63, 3.8) is 0 Å². The van der Waals surface area contributed by atoms with Crippen molar-refractivity contribution in [2.75, 3.05) is 40.4 Å². The summed E-state index contributed by atoms with van der Waals surface area (Å²) in [6.45, 7) is 2.26. The quantitative estimate of drug-likeness (QED) is 0.420. The highest BCUT2D eigenvalue weighted by Crippen LogP contribution is 2.30. The van der Waals surface area contributed by atoms with Crippen LogP contribution in [0, 0.1) is 11.3 Å². The average Bonchev–Trinajstić information content (AvgIpc) is 3.37. The minimum absolute atomic E-state index is 0.107. The van der Waals surface area contributed by atoms with Crippen LogP contribution < -0.4 is 9.47 Å². The SMILES string of the molecule is COc1ccc(C(c2ccc(OC)nc2)N2CCN(C(=O)n3nnc4ccc(C#N)cc43)CC2)cn1. The van der Waals surface area contributed by atoms with Gasteiger partial charge in [-0.15, -0.1) is 5.10 Å². The van der Waals surface area contributed by atoms with Crippen LogP contribution in [0.3, 0.4) is 0 Å². The van der Waals surface area contributed by atoms with Crippen molar-refractivity contribution in [1.82, 2.24) is 34.8 Å². The number of hydrogen-bond donors (Lipinski definition) is 0. The molecule has 4 aromatic rings.